The summed E-state index contributed by atoms with van der Waals surface area (Å²) in [5.74, 6) is 0.986. The van der Waals surface area contributed by atoms with E-state index in [-0.39, 0.29) is 12.1 Å². The topological polar surface area (TPSA) is 55.1 Å². The van der Waals surface area contributed by atoms with E-state index in [1.165, 1.54) is 0 Å². The lowest BCUT2D eigenvalue weighted by atomic mass is 10.00. The molecule has 0 radical (unpaired) electrons. The second-order valence-corrected chi connectivity index (χ2v) is 10.0. The maximum atomic E-state index is 14.3. The van der Waals surface area contributed by atoms with Crippen molar-refractivity contribution in [2.24, 2.45) is 0 Å². The lowest BCUT2D eigenvalue weighted by molar-refractivity contribution is 0.194. The van der Waals surface area contributed by atoms with Crippen molar-refractivity contribution in [3.05, 3.63) is 131 Å². The predicted octanol–water partition coefficient (Wildman–Crippen LogP) is 7.23. The van der Waals surface area contributed by atoms with Crippen molar-refractivity contribution in [3.8, 4) is 11.5 Å². The van der Waals surface area contributed by atoms with Crippen LogP contribution in [-0.2, 0) is 19.4 Å². The molecular weight excluding hydrogens is 482 g/mol. The van der Waals surface area contributed by atoms with E-state index in [2.05, 4.69) is 91.4 Å². The van der Waals surface area contributed by atoms with Crippen LogP contribution in [0.1, 0.15) is 53.5 Å². The zero-order valence-electron chi connectivity index (χ0n) is 22.6. The average Bonchev–Trinajstić information content (AvgIpc) is 3.55. The monoisotopic (exact) mass is 515 g/mol. The molecule has 0 fully saturated rings. The maximum absolute atomic E-state index is 14.3. The molecule has 6 nitrogen and oxygen atoms in total. The number of fused-ring (bicyclic) bond motifs is 3. The fourth-order valence-corrected chi connectivity index (χ4v) is 5.68. The number of nitrogens with zero attached hydrogens (tertiary/aromatic N) is 4. The summed E-state index contributed by atoms with van der Waals surface area (Å²) in [7, 11) is 0. The Labute approximate surface area is 229 Å². The van der Waals surface area contributed by atoms with Gasteiger partial charge < -0.3 is 14.8 Å². The average molecular weight is 516 g/mol. The van der Waals surface area contributed by atoms with Crippen LogP contribution >= 0.6 is 0 Å². The molecule has 0 aliphatic carbocycles. The molecule has 0 bridgehead atoms. The molecule has 0 unspecified atom stereocenters. The summed E-state index contributed by atoms with van der Waals surface area (Å²) in [5, 5.41) is 8.31. The van der Waals surface area contributed by atoms with Gasteiger partial charge >= 0.3 is 6.03 Å². The SMILES string of the molecule is CCc1ccccc1NC(=O)N1Cc2c(CC)nn(-c3ccccc3)c2-n2cccc2[C@@H]1c1cccc(C)c1. The van der Waals surface area contributed by atoms with Gasteiger partial charge in [0.05, 0.1) is 29.7 Å². The minimum Gasteiger partial charge on any atom is -0.308 e. The van der Waals surface area contributed by atoms with Crippen LogP contribution in [0.5, 0.6) is 0 Å². The molecule has 1 aliphatic heterocycles. The Bertz CT molecular complexity index is 1630. The fourth-order valence-electron chi connectivity index (χ4n) is 5.68. The first-order valence-corrected chi connectivity index (χ1v) is 13.6. The van der Waals surface area contributed by atoms with Gasteiger partial charge in [-0.1, -0.05) is 80.1 Å². The molecule has 1 aliphatic rings. The summed E-state index contributed by atoms with van der Waals surface area (Å²) in [5.41, 5.74) is 8.28. The molecule has 2 amide bonds. The molecule has 2 aromatic heterocycles. The van der Waals surface area contributed by atoms with E-state index < -0.39 is 0 Å². The zero-order valence-corrected chi connectivity index (χ0v) is 22.6. The van der Waals surface area contributed by atoms with Gasteiger partial charge in [0, 0.05) is 17.4 Å². The highest BCUT2D eigenvalue weighted by Crippen LogP contribution is 2.39. The molecular formula is C33H33N5O. The van der Waals surface area contributed by atoms with E-state index in [0.29, 0.717) is 6.54 Å². The fraction of sp³-hybridized carbons (Fsp3) is 0.212. The Balaban J connectivity index is 1.56. The van der Waals surface area contributed by atoms with E-state index in [1.54, 1.807) is 0 Å². The number of nitrogens with one attached hydrogen (secondary N) is 1. The Morgan fingerprint density at radius 1 is 0.923 bits per heavy atom. The Hall–Kier alpha value is -4.58. The van der Waals surface area contributed by atoms with Crippen molar-refractivity contribution in [2.45, 2.75) is 46.2 Å². The normalized spacial score (nSPS) is 14.4. The summed E-state index contributed by atoms with van der Waals surface area (Å²) in [4.78, 5) is 16.2. The molecule has 0 saturated heterocycles. The van der Waals surface area contributed by atoms with Gasteiger partial charge in [0.1, 0.15) is 5.82 Å². The number of anilines is 1. The lowest BCUT2D eigenvalue weighted by Crippen LogP contribution is -2.38. The molecule has 6 rings (SSSR count). The first kappa shape index (κ1) is 24.7. The maximum Gasteiger partial charge on any atom is 0.322 e. The zero-order chi connectivity index (χ0) is 26.9. The van der Waals surface area contributed by atoms with Crippen LogP contribution in [0, 0.1) is 6.92 Å². The lowest BCUT2D eigenvalue weighted by Gasteiger charge is -2.31. The summed E-state index contributed by atoms with van der Waals surface area (Å²) < 4.78 is 4.24. The number of carbonyl (C=O) groups is 1. The number of carbonyl (C=O) groups excluding carboxylic acids is 1. The van der Waals surface area contributed by atoms with Crippen LogP contribution in [0.2, 0.25) is 0 Å². The molecule has 196 valence electrons. The highest BCUT2D eigenvalue weighted by atomic mass is 16.2. The number of benzene rings is 3. The summed E-state index contributed by atoms with van der Waals surface area (Å²) >= 11 is 0. The molecule has 0 spiro atoms. The molecule has 1 N–H and O–H groups in total. The van der Waals surface area contributed by atoms with Gasteiger partial charge in [-0.2, -0.15) is 5.10 Å². The van der Waals surface area contributed by atoms with E-state index in [0.717, 1.165) is 63.7 Å². The number of aryl methyl sites for hydroxylation is 3. The van der Waals surface area contributed by atoms with Crippen molar-refractivity contribution in [3.63, 3.8) is 0 Å². The largest absolute Gasteiger partial charge is 0.322 e. The van der Waals surface area contributed by atoms with Gasteiger partial charge in [-0.05, 0) is 61.2 Å². The van der Waals surface area contributed by atoms with Crippen molar-refractivity contribution >= 4 is 11.7 Å². The molecule has 3 heterocycles. The third-order valence-corrected chi connectivity index (χ3v) is 7.56. The predicted molar refractivity (Wildman–Crippen MR) is 156 cm³/mol. The molecule has 1 atom stereocenters. The number of hydrogen-bond donors (Lipinski definition) is 1. The Morgan fingerprint density at radius 3 is 2.49 bits per heavy atom. The number of hydrogen-bond acceptors (Lipinski definition) is 2. The van der Waals surface area contributed by atoms with Crippen LogP contribution in [0.3, 0.4) is 0 Å². The highest BCUT2D eigenvalue weighted by Gasteiger charge is 2.36. The highest BCUT2D eigenvalue weighted by molar-refractivity contribution is 5.91. The molecule has 5 aromatic rings. The Morgan fingerprint density at radius 2 is 1.72 bits per heavy atom. The van der Waals surface area contributed by atoms with E-state index >= 15 is 0 Å². The summed E-state index contributed by atoms with van der Waals surface area (Å²) in [6, 6.07) is 30.5. The smallest absolute Gasteiger partial charge is 0.308 e. The van der Waals surface area contributed by atoms with Crippen molar-refractivity contribution < 1.29 is 4.79 Å². The summed E-state index contributed by atoms with van der Waals surface area (Å²) in [6.07, 6.45) is 3.70. The van der Waals surface area contributed by atoms with Gasteiger partial charge in [-0.3, -0.25) is 0 Å². The number of amides is 2. The number of para-hydroxylation sites is 2. The van der Waals surface area contributed by atoms with Gasteiger partial charge in [0.15, 0.2) is 0 Å². The number of urea groups is 1. The molecule has 6 heteroatoms. The van der Waals surface area contributed by atoms with Crippen LogP contribution in [-0.4, -0.2) is 25.3 Å². The second-order valence-electron chi connectivity index (χ2n) is 10.0. The van der Waals surface area contributed by atoms with Crippen molar-refractivity contribution in [1.29, 1.82) is 0 Å². The minimum atomic E-state index is -0.282. The van der Waals surface area contributed by atoms with Gasteiger partial charge in [-0.25, -0.2) is 9.48 Å². The van der Waals surface area contributed by atoms with Crippen molar-refractivity contribution in [1.82, 2.24) is 19.2 Å². The Kier molecular flexibility index (Phi) is 6.53. The minimum absolute atomic E-state index is 0.127. The third kappa shape index (κ3) is 4.42. The van der Waals surface area contributed by atoms with Gasteiger partial charge in [0.2, 0.25) is 0 Å². The van der Waals surface area contributed by atoms with Gasteiger partial charge in [0.25, 0.3) is 0 Å². The van der Waals surface area contributed by atoms with E-state index in [1.807, 2.05) is 46.0 Å². The number of aromatic nitrogens is 3. The van der Waals surface area contributed by atoms with Crippen molar-refractivity contribution in [2.75, 3.05) is 5.32 Å². The van der Waals surface area contributed by atoms with Gasteiger partial charge in [-0.15, -0.1) is 0 Å². The first-order valence-electron chi connectivity index (χ1n) is 13.6. The molecule has 3 aromatic carbocycles. The summed E-state index contributed by atoms with van der Waals surface area (Å²) in [6.45, 7) is 6.76. The quantitative estimate of drug-likeness (QED) is 0.268. The first-order chi connectivity index (χ1) is 19.1. The van der Waals surface area contributed by atoms with Crippen LogP contribution in [0.4, 0.5) is 10.5 Å². The second kappa shape index (κ2) is 10.3. The van der Waals surface area contributed by atoms with Crippen LogP contribution < -0.4 is 5.32 Å². The van der Waals surface area contributed by atoms with E-state index in [4.69, 9.17) is 5.10 Å². The van der Waals surface area contributed by atoms with Crippen LogP contribution in [0.15, 0.2) is 97.2 Å². The van der Waals surface area contributed by atoms with Crippen LogP contribution in [0.25, 0.3) is 11.5 Å². The molecule has 0 saturated carbocycles. The molecule has 39 heavy (non-hydrogen) atoms. The third-order valence-electron chi connectivity index (χ3n) is 7.56. The standard InChI is InChI=1S/C33H33N5O/c1-4-24-14-9-10-18-29(24)34-33(39)37-22-27-28(5-2)35-38(26-16-7-6-8-17-26)32(27)36-20-12-19-30(36)31(37)25-15-11-13-23(3)21-25/h6-21,31H,4-5,22H2,1-3H3,(H,34,39)/t31-/m0/s1. The number of rotatable bonds is 5. The van der Waals surface area contributed by atoms with E-state index in [9.17, 15) is 4.79 Å².